The molecule has 2 amide bonds. The molecule has 5 nitrogen and oxygen atoms in total. The number of allylic oxidation sites excluding steroid dienone is 1. The largest absolute Gasteiger partial charge is 0.497 e. The third kappa shape index (κ3) is 3.88. The van der Waals surface area contributed by atoms with Gasteiger partial charge in [-0.2, -0.15) is 0 Å². The number of hydrogen-bond acceptors (Lipinski definition) is 3. The summed E-state index contributed by atoms with van der Waals surface area (Å²) < 4.78 is 5.20. The van der Waals surface area contributed by atoms with E-state index in [1.165, 1.54) is 0 Å². The predicted octanol–water partition coefficient (Wildman–Crippen LogP) is 2.55. The molecule has 0 saturated carbocycles. The molecule has 3 rings (SSSR count). The topological polar surface area (TPSA) is 67.4 Å². The second-order valence-electron chi connectivity index (χ2n) is 5.82. The Balaban J connectivity index is 1.87. The van der Waals surface area contributed by atoms with E-state index in [9.17, 15) is 9.59 Å². The Bertz CT molecular complexity index is 769. The predicted molar refractivity (Wildman–Crippen MR) is 94.8 cm³/mol. The number of methoxy groups -OCH3 is 1. The Labute approximate surface area is 146 Å². The first-order valence-electron chi connectivity index (χ1n) is 8.13. The van der Waals surface area contributed by atoms with Gasteiger partial charge in [-0.1, -0.05) is 48.5 Å². The molecule has 2 atom stereocenters. The van der Waals surface area contributed by atoms with Crippen molar-refractivity contribution < 1.29 is 14.3 Å². The minimum absolute atomic E-state index is 0.276. The molecule has 0 spiro atoms. The Morgan fingerprint density at radius 2 is 1.80 bits per heavy atom. The quantitative estimate of drug-likeness (QED) is 0.825. The van der Waals surface area contributed by atoms with Gasteiger partial charge in [0.1, 0.15) is 11.7 Å². The highest BCUT2D eigenvalue weighted by Gasteiger charge is 2.29. The molecule has 0 saturated heterocycles. The molecule has 1 aliphatic heterocycles. The molecule has 2 aromatic rings. The van der Waals surface area contributed by atoms with Crippen molar-refractivity contribution in [3.05, 3.63) is 78.0 Å². The fraction of sp³-hybridized carbons (Fsp3) is 0.200. The SMILES string of the molecule is COc1ccc(C(NC(=O)C2CC=CNC2=O)c2ccccc2)cc1. The number of amides is 2. The Kier molecular flexibility index (Phi) is 5.14. The van der Waals surface area contributed by atoms with Crippen LogP contribution in [-0.2, 0) is 9.59 Å². The van der Waals surface area contributed by atoms with E-state index in [1.807, 2.05) is 54.6 Å². The Morgan fingerprint density at radius 3 is 2.44 bits per heavy atom. The van der Waals surface area contributed by atoms with Crippen LogP contribution < -0.4 is 15.4 Å². The third-order valence-corrected chi connectivity index (χ3v) is 4.22. The van der Waals surface area contributed by atoms with Crippen LogP contribution in [0.2, 0.25) is 0 Å². The lowest BCUT2D eigenvalue weighted by Crippen LogP contribution is -2.42. The highest BCUT2D eigenvalue weighted by Crippen LogP contribution is 2.25. The van der Waals surface area contributed by atoms with Gasteiger partial charge in [0.15, 0.2) is 0 Å². The molecule has 2 N–H and O–H groups in total. The van der Waals surface area contributed by atoms with Gasteiger partial charge in [-0.05, 0) is 35.9 Å². The van der Waals surface area contributed by atoms with Gasteiger partial charge in [0, 0.05) is 0 Å². The van der Waals surface area contributed by atoms with Gasteiger partial charge in [0.05, 0.1) is 13.2 Å². The summed E-state index contributed by atoms with van der Waals surface area (Å²) >= 11 is 0. The minimum Gasteiger partial charge on any atom is -0.497 e. The van der Waals surface area contributed by atoms with Crippen molar-refractivity contribution in [3.63, 3.8) is 0 Å². The molecule has 0 fully saturated rings. The second-order valence-corrected chi connectivity index (χ2v) is 5.82. The number of rotatable bonds is 5. The van der Waals surface area contributed by atoms with Crippen molar-refractivity contribution in [2.45, 2.75) is 12.5 Å². The Hall–Kier alpha value is -3.08. The number of carbonyl (C=O) groups is 2. The highest BCUT2D eigenvalue weighted by molar-refractivity contribution is 6.01. The fourth-order valence-corrected chi connectivity index (χ4v) is 2.82. The summed E-state index contributed by atoms with van der Waals surface area (Å²) in [6, 6.07) is 16.9. The molecule has 2 unspecified atom stereocenters. The Morgan fingerprint density at radius 1 is 1.12 bits per heavy atom. The van der Waals surface area contributed by atoms with Gasteiger partial charge in [-0.15, -0.1) is 0 Å². The lowest BCUT2D eigenvalue weighted by atomic mass is 9.96. The molecule has 1 heterocycles. The monoisotopic (exact) mass is 336 g/mol. The average molecular weight is 336 g/mol. The number of benzene rings is 2. The van der Waals surface area contributed by atoms with Crippen LogP contribution in [0, 0.1) is 5.92 Å². The normalized spacial score (nSPS) is 17.5. The first-order chi connectivity index (χ1) is 12.2. The van der Waals surface area contributed by atoms with Gasteiger partial charge in [0.25, 0.3) is 0 Å². The van der Waals surface area contributed by atoms with Crippen LogP contribution in [0.4, 0.5) is 0 Å². The fourth-order valence-electron chi connectivity index (χ4n) is 2.82. The minimum atomic E-state index is -0.713. The summed E-state index contributed by atoms with van der Waals surface area (Å²) in [5, 5.41) is 5.60. The van der Waals surface area contributed by atoms with Crippen molar-refractivity contribution in [2.24, 2.45) is 5.92 Å². The lowest BCUT2D eigenvalue weighted by molar-refractivity contribution is -0.135. The van der Waals surface area contributed by atoms with Crippen LogP contribution in [0.5, 0.6) is 5.75 Å². The smallest absolute Gasteiger partial charge is 0.236 e. The molecule has 0 aromatic heterocycles. The zero-order valence-electron chi connectivity index (χ0n) is 13.9. The maximum atomic E-state index is 12.7. The van der Waals surface area contributed by atoms with Crippen molar-refractivity contribution in [1.29, 1.82) is 0 Å². The summed E-state index contributed by atoms with van der Waals surface area (Å²) in [6.07, 6.45) is 3.77. The average Bonchev–Trinajstić information content (AvgIpc) is 2.67. The first-order valence-corrected chi connectivity index (χ1v) is 8.13. The molecule has 25 heavy (non-hydrogen) atoms. The van der Waals surface area contributed by atoms with Crippen molar-refractivity contribution in [3.8, 4) is 5.75 Å². The van der Waals surface area contributed by atoms with Crippen molar-refractivity contribution >= 4 is 11.8 Å². The zero-order chi connectivity index (χ0) is 17.6. The molecule has 128 valence electrons. The molecule has 0 radical (unpaired) electrons. The molecule has 5 heteroatoms. The highest BCUT2D eigenvalue weighted by atomic mass is 16.5. The maximum absolute atomic E-state index is 12.7. The third-order valence-electron chi connectivity index (χ3n) is 4.22. The van der Waals surface area contributed by atoms with Gasteiger partial charge in [0.2, 0.25) is 11.8 Å². The van der Waals surface area contributed by atoms with E-state index in [4.69, 9.17) is 4.74 Å². The zero-order valence-corrected chi connectivity index (χ0v) is 13.9. The van der Waals surface area contributed by atoms with Crippen LogP contribution >= 0.6 is 0 Å². The van der Waals surface area contributed by atoms with E-state index < -0.39 is 5.92 Å². The molecular formula is C20H20N2O3. The van der Waals surface area contributed by atoms with Crippen LogP contribution in [-0.4, -0.2) is 18.9 Å². The van der Waals surface area contributed by atoms with Crippen LogP contribution in [0.15, 0.2) is 66.9 Å². The number of hydrogen-bond donors (Lipinski definition) is 2. The van der Waals surface area contributed by atoms with Crippen molar-refractivity contribution in [1.82, 2.24) is 10.6 Å². The van der Waals surface area contributed by atoms with Crippen molar-refractivity contribution in [2.75, 3.05) is 7.11 Å². The van der Waals surface area contributed by atoms with Gasteiger partial charge >= 0.3 is 0 Å². The van der Waals surface area contributed by atoms with Crippen LogP contribution in [0.1, 0.15) is 23.6 Å². The number of carbonyl (C=O) groups excluding carboxylic acids is 2. The van der Waals surface area contributed by atoms with Crippen LogP contribution in [0.25, 0.3) is 0 Å². The second kappa shape index (κ2) is 7.66. The van der Waals surface area contributed by atoms with E-state index in [0.29, 0.717) is 6.42 Å². The molecule has 0 bridgehead atoms. The van der Waals surface area contributed by atoms with E-state index in [0.717, 1.165) is 16.9 Å². The van der Waals surface area contributed by atoms with Gasteiger partial charge in [-0.25, -0.2) is 0 Å². The summed E-state index contributed by atoms with van der Waals surface area (Å²) in [5.41, 5.74) is 1.87. The van der Waals surface area contributed by atoms with E-state index in [2.05, 4.69) is 10.6 Å². The van der Waals surface area contributed by atoms with E-state index in [1.54, 1.807) is 19.4 Å². The maximum Gasteiger partial charge on any atom is 0.236 e. The molecule has 2 aromatic carbocycles. The summed E-state index contributed by atoms with van der Waals surface area (Å²) in [4.78, 5) is 24.6. The van der Waals surface area contributed by atoms with Gasteiger partial charge in [-0.3, -0.25) is 9.59 Å². The lowest BCUT2D eigenvalue weighted by Gasteiger charge is -2.24. The number of nitrogens with one attached hydrogen (secondary N) is 2. The molecule has 1 aliphatic rings. The molecular weight excluding hydrogens is 316 g/mol. The first kappa shape index (κ1) is 16.8. The summed E-state index contributed by atoms with van der Waals surface area (Å²) in [6.45, 7) is 0. The van der Waals surface area contributed by atoms with E-state index in [-0.39, 0.29) is 17.9 Å². The number of ether oxygens (including phenoxy) is 1. The summed E-state index contributed by atoms with van der Waals surface area (Å²) in [5.74, 6) is -0.527. The molecule has 0 aliphatic carbocycles. The van der Waals surface area contributed by atoms with Gasteiger partial charge < -0.3 is 15.4 Å². The van der Waals surface area contributed by atoms with E-state index >= 15 is 0 Å². The summed E-state index contributed by atoms with van der Waals surface area (Å²) in [7, 11) is 1.61. The van der Waals surface area contributed by atoms with Crippen LogP contribution in [0.3, 0.4) is 0 Å². The standard InChI is InChI=1S/C20H20N2O3/c1-25-16-11-9-15(10-12-16)18(14-6-3-2-4-7-14)22-20(24)17-8-5-13-21-19(17)23/h2-7,9-13,17-18H,8H2,1H3,(H,21,23)(H,22,24).